The molecule has 0 fully saturated rings. The highest BCUT2D eigenvalue weighted by Crippen LogP contribution is 2.16. The van der Waals surface area contributed by atoms with Crippen LogP contribution in [0.2, 0.25) is 0 Å². The number of nitrogens with one attached hydrogen (secondary N) is 2. The van der Waals surface area contributed by atoms with E-state index in [1.54, 1.807) is 6.07 Å². The lowest BCUT2D eigenvalue weighted by atomic mass is 10.1. The summed E-state index contributed by atoms with van der Waals surface area (Å²) in [6, 6.07) is 3.60. The fourth-order valence-electron chi connectivity index (χ4n) is 1.77. The van der Waals surface area contributed by atoms with Crippen LogP contribution in [0.1, 0.15) is 31.5 Å². The summed E-state index contributed by atoms with van der Waals surface area (Å²) in [7, 11) is 0. The van der Waals surface area contributed by atoms with Gasteiger partial charge < -0.3 is 10.6 Å². The third kappa shape index (κ3) is 2.67. The van der Waals surface area contributed by atoms with E-state index >= 15 is 0 Å². The van der Waals surface area contributed by atoms with E-state index in [0.29, 0.717) is 18.8 Å². The van der Waals surface area contributed by atoms with Gasteiger partial charge in [0.15, 0.2) is 0 Å². The molecule has 5 nitrogen and oxygen atoms in total. The quantitative estimate of drug-likeness (QED) is 0.844. The lowest BCUT2D eigenvalue weighted by molar-refractivity contribution is -0.121. The Morgan fingerprint density at radius 2 is 2.33 bits per heavy atom. The Bertz CT molecular complexity index is 485. The van der Waals surface area contributed by atoms with Gasteiger partial charge in [0.05, 0.1) is 18.7 Å². The van der Waals surface area contributed by atoms with E-state index in [-0.39, 0.29) is 17.7 Å². The van der Waals surface area contributed by atoms with Crippen LogP contribution < -0.4 is 10.6 Å². The highest BCUT2D eigenvalue weighted by molar-refractivity contribution is 5.91. The van der Waals surface area contributed by atoms with Crippen LogP contribution in [0.25, 0.3) is 0 Å². The number of pyridine rings is 1. The van der Waals surface area contributed by atoms with E-state index in [1.165, 1.54) is 0 Å². The fraction of sp³-hybridized carbons (Fsp3) is 0.462. The van der Waals surface area contributed by atoms with Crippen molar-refractivity contribution >= 4 is 17.6 Å². The standard InChI is InChI=1S/C13H17N3O2/c1-3-8(2)13(18)16-11-5-4-9-6-12(17)14-7-10(9)15-11/h4-5,8H,3,6-7H2,1-2H3,(H,14,17)(H,15,16,18)/t8-/m1/s1. The maximum absolute atomic E-state index is 11.7. The van der Waals surface area contributed by atoms with Gasteiger partial charge in [-0.1, -0.05) is 19.9 Å². The monoisotopic (exact) mass is 247 g/mol. The van der Waals surface area contributed by atoms with Gasteiger partial charge in [0.25, 0.3) is 0 Å². The Hall–Kier alpha value is -1.91. The summed E-state index contributed by atoms with van der Waals surface area (Å²) in [5.41, 5.74) is 1.76. The minimum atomic E-state index is -0.0254. The molecule has 1 aliphatic rings. The Labute approximate surface area is 106 Å². The molecular weight excluding hydrogens is 230 g/mol. The van der Waals surface area contributed by atoms with Gasteiger partial charge in [-0.2, -0.15) is 0 Å². The smallest absolute Gasteiger partial charge is 0.228 e. The highest BCUT2D eigenvalue weighted by atomic mass is 16.2. The van der Waals surface area contributed by atoms with E-state index in [1.807, 2.05) is 19.9 Å². The first kappa shape index (κ1) is 12.5. The summed E-state index contributed by atoms with van der Waals surface area (Å²) in [5.74, 6) is 0.517. The molecule has 0 saturated carbocycles. The first-order chi connectivity index (χ1) is 8.60. The van der Waals surface area contributed by atoms with Crippen molar-refractivity contribution in [2.75, 3.05) is 5.32 Å². The summed E-state index contributed by atoms with van der Waals surface area (Å²) in [5, 5.41) is 5.53. The maximum atomic E-state index is 11.7. The molecule has 0 bridgehead atoms. The zero-order valence-electron chi connectivity index (χ0n) is 10.6. The molecule has 1 aromatic rings. The molecule has 1 atom stereocenters. The summed E-state index contributed by atoms with van der Waals surface area (Å²) < 4.78 is 0. The fourth-order valence-corrected chi connectivity index (χ4v) is 1.77. The van der Waals surface area contributed by atoms with Gasteiger partial charge in [0, 0.05) is 5.92 Å². The Morgan fingerprint density at radius 1 is 1.56 bits per heavy atom. The third-order valence-corrected chi connectivity index (χ3v) is 3.18. The summed E-state index contributed by atoms with van der Waals surface area (Å²) >= 11 is 0. The molecule has 18 heavy (non-hydrogen) atoms. The van der Waals surface area contributed by atoms with E-state index in [4.69, 9.17) is 0 Å². The maximum Gasteiger partial charge on any atom is 0.228 e. The van der Waals surface area contributed by atoms with Gasteiger partial charge >= 0.3 is 0 Å². The van der Waals surface area contributed by atoms with Crippen molar-refractivity contribution in [2.24, 2.45) is 5.92 Å². The molecule has 96 valence electrons. The van der Waals surface area contributed by atoms with Crippen LogP contribution in [-0.4, -0.2) is 16.8 Å². The molecule has 0 aromatic carbocycles. The van der Waals surface area contributed by atoms with E-state index < -0.39 is 0 Å². The molecule has 0 unspecified atom stereocenters. The number of carbonyl (C=O) groups excluding carboxylic acids is 2. The molecule has 2 heterocycles. The average molecular weight is 247 g/mol. The minimum absolute atomic E-state index is 0.0145. The minimum Gasteiger partial charge on any atom is -0.350 e. The predicted molar refractivity (Wildman–Crippen MR) is 67.9 cm³/mol. The number of amides is 2. The van der Waals surface area contributed by atoms with Crippen LogP contribution in [0.3, 0.4) is 0 Å². The summed E-state index contributed by atoms with van der Waals surface area (Å²) in [6.07, 6.45) is 1.16. The number of rotatable bonds is 3. The van der Waals surface area contributed by atoms with Gasteiger partial charge in [-0.15, -0.1) is 0 Å². The molecule has 0 radical (unpaired) electrons. The molecule has 2 amide bonds. The number of fused-ring (bicyclic) bond motifs is 1. The van der Waals surface area contributed by atoms with E-state index in [0.717, 1.165) is 17.7 Å². The number of nitrogens with zero attached hydrogens (tertiary/aromatic N) is 1. The van der Waals surface area contributed by atoms with Crippen LogP contribution in [0.5, 0.6) is 0 Å². The van der Waals surface area contributed by atoms with Gasteiger partial charge in [-0.05, 0) is 18.1 Å². The zero-order valence-corrected chi connectivity index (χ0v) is 10.6. The number of hydrogen-bond donors (Lipinski definition) is 2. The van der Waals surface area contributed by atoms with Crippen LogP contribution in [0.4, 0.5) is 5.82 Å². The first-order valence-corrected chi connectivity index (χ1v) is 6.16. The summed E-state index contributed by atoms with van der Waals surface area (Å²) in [4.78, 5) is 27.3. The van der Waals surface area contributed by atoms with E-state index in [9.17, 15) is 9.59 Å². The van der Waals surface area contributed by atoms with Crippen LogP contribution in [0, 0.1) is 5.92 Å². The van der Waals surface area contributed by atoms with Crippen LogP contribution in [-0.2, 0) is 22.6 Å². The van der Waals surface area contributed by atoms with Gasteiger partial charge in [0.1, 0.15) is 5.82 Å². The van der Waals surface area contributed by atoms with Crippen LogP contribution in [0.15, 0.2) is 12.1 Å². The summed E-state index contributed by atoms with van der Waals surface area (Å²) in [6.45, 7) is 4.29. The van der Waals surface area contributed by atoms with Crippen molar-refractivity contribution in [3.8, 4) is 0 Å². The molecule has 1 aromatic heterocycles. The van der Waals surface area contributed by atoms with Crippen LogP contribution >= 0.6 is 0 Å². The van der Waals surface area contributed by atoms with Crippen molar-refractivity contribution in [3.63, 3.8) is 0 Å². The number of hydrogen-bond acceptors (Lipinski definition) is 3. The second kappa shape index (κ2) is 5.16. The van der Waals surface area contributed by atoms with Crippen molar-refractivity contribution in [3.05, 3.63) is 23.4 Å². The van der Waals surface area contributed by atoms with Gasteiger partial charge in [-0.3, -0.25) is 9.59 Å². The second-order valence-corrected chi connectivity index (χ2v) is 4.55. The molecule has 2 N–H and O–H groups in total. The Balaban J connectivity index is 2.12. The van der Waals surface area contributed by atoms with Crippen molar-refractivity contribution in [2.45, 2.75) is 33.2 Å². The molecule has 0 aliphatic carbocycles. The second-order valence-electron chi connectivity index (χ2n) is 4.55. The molecular formula is C13H17N3O2. The van der Waals surface area contributed by atoms with Crippen molar-refractivity contribution < 1.29 is 9.59 Å². The van der Waals surface area contributed by atoms with Gasteiger partial charge in [0.2, 0.25) is 11.8 Å². The lowest BCUT2D eigenvalue weighted by Crippen LogP contribution is -2.31. The molecule has 1 aliphatic heterocycles. The largest absolute Gasteiger partial charge is 0.350 e. The van der Waals surface area contributed by atoms with Crippen molar-refractivity contribution in [1.29, 1.82) is 0 Å². The zero-order chi connectivity index (χ0) is 13.1. The Morgan fingerprint density at radius 3 is 3.06 bits per heavy atom. The van der Waals surface area contributed by atoms with Gasteiger partial charge in [-0.25, -0.2) is 4.98 Å². The highest BCUT2D eigenvalue weighted by Gasteiger charge is 2.17. The number of anilines is 1. The predicted octanol–water partition coefficient (Wildman–Crippen LogP) is 1.24. The lowest BCUT2D eigenvalue weighted by Gasteiger charge is -2.17. The molecule has 0 saturated heterocycles. The topological polar surface area (TPSA) is 71.1 Å². The average Bonchev–Trinajstić information content (AvgIpc) is 2.38. The third-order valence-electron chi connectivity index (χ3n) is 3.18. The Kier molecular flexibility index (Phi) is 3.60. The number of carbonyl (C=O) groups is 2. The first-order valence-electron chi connectivity index (χ1n) is 6.16. The molecule has 5 heteroatoms. The SMILES string of the molecule is CC[C@@H](C)C(=O)Nc1ccc2c(n1)CNC(=O)C2. The van der Waals surface area contributed by atoms with E-state index in [2.05, 4.69) is 15.6 Å². The number of aromatic nitrogens is 1. The normalized spacial score (nSPS) is 15.6. The van der Waals surface area contributed by atoms with Crippen molar-refractivity contribution in [1.82, 2.24) is 10.3 Å². The molecule has 0 spiro atoms. The molecule has 2 rings (SSSR count).